The van der Waals surface area contributed by atoms with E-state index in [1.54, 1.807) is 11.3 Å². The summed E-state index contributed by atoms with van der Waals surface area (Å²) in [6, 6.07) is 10.5. The molecule has 0 aliphatic carbocycles. The molecule has 0 fully saturated rings. The van der Waals surface area contributed by atoms with Gasteiger partial charge in [0.25, 0.3) is 0 Å². The predicted molar refractivity (Wildman–Crippen MR) is 70.4 cm³/mol. The van der Waals surface area contributed by atoms with Crippen LogP contribution in [-0.4, -0.2) is 0 Å². The Bertz CT molecular complexity index is 521. The first-order valence-electron chi connectivity index (χ1n) is 5.80. The number of fused-ring (bicyclic) bond motifs is 1. The minimum atomic E-state index is 0.0748. The third-order valence-corrected chi connectivity index (χ3v) is 4.13. The molecule has 0 radical (unpaired) electrons. The van der Waals surface area contributed by atoms with Crippen molar-refractivity contribution in [2.75, 3.05) is 0 Å². The fourth-order valence-electron chi connectivity index (χ4n) is 2.27. The van der Waals surface area contributed by atoms with Crippen molar-refractivity contribution in [3.63, 3.8) is 0 Å². The lowest BCUT2D eigenvalue weighted by molar-refractivity contribution is 0.165. The van der Waals surface area contributed by atoms with E-state index in [1.807, 2.05) is 6.07 Å². The van der Waals surface area contributed by atoms with Crippen LogP contribution in [0.25, 0.3) is 0 Å². The summed E-state index contributed by atoms with van der Waals surface area (Å²) < 4.78 is 6.03. The Labute approximate surface area is 105 Å². The van der Waals surface area contributed by atoms with Gasteiger partial charge in [-0.2, -0.15) is 0 Å². The highest BCUT2D eigenvalue weighted by Gasteiger charge is 2.27. The van der Waals surface area contributed by atoms with Crippen LogP contribution in [0.3, 0.4) is 0 Å². The molecule has 1 aliphatic heterocycles. The van der Waals surface area contributed by atoms with E-state index in [-0.39, 0.29) is 12.1 Å². The third kappa shape index (κ3) is 1.96. The van der Waals surface area contributed by atoms with Crippen LogP contribution in [0.4, 0.5) is 0 Å². The first-order valence-corrected chi connectivity index (χ1v) is 6.68. The molecule has 3 rings (SSSR count). The fraction of sp³-hybridized carbons (Fsp3) is 0.286. The molecule has 0 saturated heterocycles. The first-order chi connectivity index (χ1) is 8.24. The summed E-state index contributed by atoms with van der Waals surface area (Å²) in [4.78, 5) is 1.26. The van der Waals surface area contributed by atoms with Crippen LogP contribution in [0.1, 0.15) is 34.6 Å². The highest BCUT2D eigenvalue weighted by molar-refractivity contribution is 7.10. The lowest BCUT2D eigenvalue weighted by Crippen LogP contribution is -2.23. The van der Waals surface area contributed by atoms with Crippen molar-refractivity contribution in [2.45, 2.75) is 25.5 Å². The molecule has 1 aromatic heterocycles. The van der Waals surface area contributed by atoms with Crippen LogP contribution in [0, 0.1) is 6.92 Å². The molecular weight excluding hydrogens is 230 g/mol. The molecule has 0 bridgehead atoms. The number of aryl methyl sites for hydroxylation is 1. The van der Waals surface area contributed by atoms with E-state index in [9.17, 15) is 0 Å². The lowest BCUT2D eigenvalue weighted by atomic mass is 9.95. The molecule has 0 spiro atoms. The molecular formula is C14H15NOS. The molecule has 2 heterocycles. The second kappa shape index (κ2) is 4.17. The predicted octanol–water partition coefficient (Wildman–Crippen LogP) is 3.58. The van der Waals surface area contributed by atoms with Crippen molar-refractivity contribution in [1.29, 1.82) is 0 Å². The Hall–Kier alpha value is -1.32. The van der Waals surface area contributed by atoms with E-state index in [1.165, 1.54) is 10.4 Å². The molecule has 0 saturated carbocycles. The average Bonchev–Trinajstić information content (AvgIpc) is 2.83. The van der Waals surface area contributed by atoms with Gasteiger partial charge in [-0.05, 0) is 24.4 Å². The zero-order valence-electron chi connectivity index (χ0n) is 9.72. The quantitative estimate of drug-likeness (QED) is 0.833. The Morgan fingerprint density at radius 2 is 2.24 bits per heavy atom. The maximum atomic E-state index is 6.24. The summed E-state index contributed by atoms with van der Waals surface area (Å²) in [7, 11) is 0. The second-order valence-corrected chi connectivity index (χ2v) is 5.48. The number of rotatable bonds is 1. The lowest BCUT2D eigenvalue weighted by Gasteiger charge is -2.30. The monoisotopic (exact) mass is 245 g/mol. The van der Waals surface area contributed by atoms with Gasteiger partial charge in [0.1, 0.15) is 11.9 Å². The van der Waals surface area contributed by atoms with Crippen molar-refractivity contribution in [3.05, 3.63) is 51.7 Å². The summed E-state index contributed by atoms with van der Waals surface area (Å²) in [5, 5.41) is 2.08. The van der Waals surface area contributed by atoms with Crippen molar-refractivity contribution in [3.8, 4) is 5.75 Å². The summed E-state index contributed by atoms with van der Waals surface area (Å²) in [5.41, 5.74) is 8.61. The van der Waals surface area contributed by atoms with E-state index >= 15 is 0 Å². The minimum absolute atomic E-state index is 0.0748. The smallest absolute Gasteiger partial charge is 0.135 e. The maximum Gasteiger partial charge on any atom is 0.135 e. The van der Waals surface area contributed by atoms with Gasteiger partial charge in [-0.1, -0.05) is 23.8 Å². The van der Waals surface area contributed by atoms with Gasteiger partial charge in [-0.3, -0.25) is 0 Å². The number of thiophene rings is 1. The van der Waals surface area contributed by atoms with Crippen LogP contribution in [-0.2, 0) is 0 Å². The molecule has 17 heavy (non-hydrogen) atoms. The second-order valence-electron chi connectivity index (χ2n) is 4.51. The van der Waals surface area contributed by atoms with Crippen molar-refractivity contribution in [2.24, 2.45) is 5.73 Å². The zero-order valence-corrected chi connectivity index (χ0v) is 10.5. The van der Waals surface area contributed by atoms with E-state index in [0.29, 0.717) is 0 Å². The molecule has 2 aromatic rings. The summed E-state index contributed by atoms with van der Waals surface area (Å²) >= 11 is 1.73. The van der Waals surface area contributed by atoms with Gasteiger partial charge in [0.15, 0.2) is 0 Å². The van der Waals surface area contributed by atoms with Gasteiger partial charge in [0.05, 0.1) is 0 Å². The molecule has 2 N–H and O–H groups in total. The Morgan fingerprint density at radius 3 is 3.00 bits per heavy atom. The topological polar surface area (TPSA) is 35.2 Å². The molecule has 3 heteroatoms. The van der Waals surface area contributed by atoms with E-state index in [4.69, 9.17) is 10.5 Å². The van der Waals surface area contributed by atoms with E-state index in [0.717, 1.165) is 17.7 Å². The number of benzene rings is 1. The Kier molecular flexibility index (Phi) is 2.65. The van der Waals surface area contributed by atoms with E-state index < -0.39 is 0 Å². The highest BCUT2D eigenvalue weighted by Crippen LogP contribution is 2.40. The first kappa shape index (κ1) is 10.8. The van der Waals surface area contributed by atoms with Crippen molar-refractivity contribution >= 4 is 11.3 Å². The normalized spacial score (nSPS) is 22.9. The summed E-state index contributed by atoms with van der Waals surface area (Å²) in [6.45, 7) is 2.08. The van der Waals surface area contributed by atoms with Gasteiger partial charge in [0, 0.05) is 22.9 Å². The SMILES string of the molecule is Cc1ccc2c(c1)[C@@H](N)CC(c1cccs1)O2. The average molecular weight is 245 g/mol. The number of nitrogens with two attached hydrogens (primary N) is 1. The zero-order chi connectivity index (χ0) is 11.8. The van der Waals surface area contributed by atoms with Crippen molar-refractivity contribution in [1.82, 2.24) is 0 Å². The minimum Gasteiger partial charge on any atom is -0.484 e. The van der Waals surface area contributed by atoms with Gasteiger partial charge in [0.2, 0.25) is 0 Å². The largest absolute Gasteiger partial charge is 0.484 e. The molecule has 2 nitrogen and oxygen atoms in total. The van der Waals surface area contributed by atoms with Crippen molar-refractivity contribution < 1.29 is 4.74 Å². The molecule has 88 valence electrons. The van der Waals surface area contributed by atoms with Crippen LogP contribution in [0.2, 0.25) is 0 Å². The summed E-state index contributed by atoms with van der Waals surface area (Å²) in [6.07, 6.45) is 0.969. The Balaban J connectivity index is 1.96. The molecule has 1 aromatic carbocycles. The van der Waals surface area contributed by atoms with Crippen LogP contribution in [0.15, 0.2) is 35.7 Å². The maximum absolute atomic E-state index is 6.24. The van der Waals surface area contributed by atoms with Crippen LogP contribution >= 0.6 is 11.3 Å². The van der Waals surface area contributed by atoms with Gasteiger partial charge in [-0.25, -0.2) is 0 Å². The third-order valence-electron chi connectivity index (χ3n) is 3.16. The highest BCUT2D eigenvalue weighted by atomic mass is 32.1. The van der Waals surface area contributed by atoms with Gasteiger partial charge in [-0.15, -0.1) is 11.3 Å². The molecule has 1 unspecified atom stereocenters. The van der Waals surface area contributed by atoms with Gasteiger partial charge >= 0.3 is 0 Å². The standard InChI is InChI=1S/C14H15NOS/c1-9-4-5-12-10(7-9)11(15)8-13(16-12)14-3-2-6-17-14/h2-7,11,13H,8,15H2,1H3/t11-,13?/m0/s1. The summed E-state index contributed by atoms with van der Waals surface area (Å²) in [5.74, 6) is 0.938. The van der Waals surface area contributed by atoms with E-state index in [2.05, 4.69) is 36.6 Å². The molecule has 0 amide bonds. The number of hydrogen-bond acceptors (Lipinski definition) is 3. The number of hydrogen-bond donors (Lipinski definition) is 1. The number of ether oxygens (including phenoxy) is 1. The van der Waals surface area contributed by atoms with Gasteiger partial charge < -0.3 is 10.5 Å². The Morgan fingerprint density at radius 1 is 1.35 bits per heavy atom. The van der Waals surface area contributed by atoms with Crippen LogP contribution in [0.5, 0.6) is 5.75 Å². The molecule has 1 aliphatic rings. The fourth-order valence-corrected chi connectivity index (χ4v) is 3.04. The van der Waals surface area contributed by atoms with Crippen LogP contribution < -0.4 is 10.5 Å². The molecule has 2 atom stereocenters.